The van der Waals surface area contributed by atoms with E-state index >= 15 is 0 Å². The molecule has 2 aromatic rings. The van der Waals surface area contributed by atoms with Gasteiger partial charge < -0.3 is 14.8 Å². The molecule has 1 unspecified atom stereocenters. The predicted molar refractivity (Wildman–Crippen MR) is 94.9 cm³/mol. The second kappa shape index (κ2) is 8.11. The molecule has 1 amide bonds. The number of carbonyl (C=O) groups is 2. The zero-order chi connectivity index (χ0) is 18.6. The summed E-state index contributed by atoms with van der Waals surface area (Å²) >= 11 is 1.31. The van der Waals surface area contributed by atoms with Gasteiger partial charge in [-0.3, -0.25) is 4.79 Å². The average molecular weight is 365 g/mol. The molecule has 0 saturated heterocycles. The number of rotatable bonds is 6. The lowest BCUT2D eigenvalue weighted by molar-refractivity contribution is -0.122. The topological polar surface area (TPSA) is 64.6 Å². The molecule has 1 aromatic heterocycles. The van der Waals surface area contributed by atoms with Crippen LogP contribution in [-0.2, 0) is 9.53 Å². The number of halogens is 1. The molecule has 1 atom stereocenters. The monoisotopic (exact) mass is 365 g/mol. The van der Waals surface area contributed by atoms with Crippen LogP contribution < -0.4 is 10.1 Å². The summed E-state index contributed by atoms with van der Waals surface area (Å²) in [6, 6.07) is 5.40. The fourth-order valence-electron chi connectivity index (χ4n) is 2.15. The molecule has 0 spiro atoms. The van der Waals surface area contributed by atoms with E-state index in [1.54, 1.807) is 13.8 Å². The molecule has 1 N–H and O–H groups in total. The number of hydrogen-bond acceptors (Lipinski definition) is 5. The van der Waals surface area contributed by atoms with Crippen molar-refractivity contribution in [1.82, 2.24) is 0 Å². The van der Waals surface area contributed by atoms with Gasteiger partial charge in [0.05, 0.1) is 12.2 Å². The quantitative estimate of drug-likeness (QED) is 0.783. The average Bonchev–Trinajstić information content (AvgIpc) is 2.84. The third-order valence-corrected chi connectivity index (χ3v) is 4.72. The first-order valence-electron chi connectivity index (χ1n) is 7.83. The van der Waals surface area contributed by atoms with Crippen molar-refractivity contribution in [2.24, 2.45) is 0 Å². The summed E-state index contributed by atoms with van der Waals surface area (Å²) in [5.74, 6) is -0.871. The second-order valence-corrected chi connectivity index (χ2v) is 6.64. The molecule has 7 heteroatoms. The number of thiophene rings is 1. The lowest BCUT2D eigenvalue weighted by atomic mass is 10.1. The van der Waals surface area contributed by atoms with Crippen LogP contribution in [0.25, 0.3) is 0 Å². The highest BCUT2D eigenvalue weighted by atomic mass is 32.1. The molecule has 0 aliphatic carbocycles. The second-order valence-electron chi connectivity index (χ2n) is 5.41. The van der Waals surface area contributed by atoms with E-state index in [4.69, 9.17) is 9.47 Å². The smallest absolute Gasteiger partial charge is 0.341 e. The Bertz CT molecular complexity index is 770. The summed E-state index contributed by atoms with van der Waals surface area (Å²) in [6.07, 6.45) is -0.816. The summed E-state index contributed by atoms with van der Waals surface area (Å²) in [5.41, 5.74) is 1.15. The van der Waals surface area contributed by atoms with Crippen LogP contribution in [0.2, 0.25) is 0 Å². The zero-order valence-corrected chi connectivity index (χ0v) is 15.3. The van der Waals surface area contributed by atoms with Crippen LogP contribution in [0.3, 0.4) is 0 Å². The number of ether oxygens (including phenoxy) is 2. The van der Waals surface area contributed by atoms with Gasteiger partial charge in [-0.05, 0) is 57.5 Å². The minimum atomic E-state index is -0.816. The summed E-state index contributed by atoms with van der Waals surface area (Å²) in [7, 11) is 0. The van der Waals surface area contributed by atoms with Gasteiger partial charge in [0.2, 0.25) is 0 Å². The van der Waals surface area contributed by atoms with Crippen LogP contribution in [-0.4, -0.2) is 24.6 Å². The fourth-order valence-corrected chi connectivity index (χ4v) is 3.20. The molecule has 0 saturated carbocycles. The van der Waals surface area contributed by atoms with Gasteiger partial charge in [0.25, 0.3) is 5.91 Å². The van der Waals surface area contributed by atoms with Crippen LogP contribution in [0.1, 0.15) is 34.6 Å². The third kappa shape index (κ3) is 4.57. The molecular weight excluding hydrogens is 345 g/mol. The molecule has 0 radical (unpaired) electrons. The van der Waals surface area contributed by atoms with Crippen LogP contribution >= 0.6 is 11.3 Å². The van der Waals surface area contributed by atoms with Crippen LogP contribution in [0, 0.1) is 19.7 Å². The van der Waals surface area contributed by atoms with Gasteiger partial charge >= 0.3 is 5.97 Å². The van der Waals surface area contributed by atoms with Crippen molar-refractivity contribution in [1.29, 1.82) is 0 Å². The van der Waals surface area contributed by atoms with E-state index in [1.165, 1.54) is 35.6 Å². The van der Waals surface area contributed by atoms with Crippen LogP contribution in [0.4, 0.5) is 9.39 Å². The van der Waals surface area contributed by atoms with Crippen molar-refractivity contribution in [2.45, 2.75) is 33.8 Å². The standard InChI is InChI=1S/C18H20FNO4S/c1-5-23-18(22)15-10(2)12(4)25-17(15)20-16(21)11(3)24-14-8-6-13(19)7-9-14/h6-9,11H,5H2,1-4H3,(H,20,21). The minimum absolute atomic E-state index is 0.255. The number of hydrogen-bond donors (Lipinski definition) is 1. The Balaban J connectivity index is 2.13. The molecule has 1 aromatic carbocycles. The molecule has 5 nitrogen and oxygen atoms in total. The number of amides is 1. The molecule has 2 rings (SSSR count). The van der Waals surface area contributed by atoms with Gasteiger partial charge in [-0.2, -0.15) is 0 Å². The normalized spacial score (nSPS) is 11.7. The number of anilines is 1. The predicted octanol–water partition coefficient (Wildman–Crippen LogP) is 4.09. The first kappa shape index (κ1) is 18.9. The first-order valence-corrected chi connectivity index (χ1v) is 8.65. The number of benzene rings is 1. The third-order valence-electron chi connectivity index (χ3n) is 3.60. The highest BCUT2D eigenvalue weighted by Gasteiger charge is 2.24. The Kier molecular flexibility index (Phi) is 6.14. The van der Waals surface area contributed by atoms with E-state index in [0.717, 1.165) is 10.4 Å². The maximum absolute atomic E-state index is 12.9. The lowest BCUT2D eigenvalue weighted by Gasteiger charge is -2.14. The van der Waals surface area contributed by atoms with Crippen molar-refractivity contribution < 1.29 is 23.5 Å². The van der Waals surface area contributed by atoms with Crippen molar-refractivity contribution in [3.63, 3.8) is 0 Å². The lowest BCUT2D eigenvalue weighted by Crippen LogP contribution is -2.30. The van der Waals surface area contributed by atoms with Gasteiger partial charge in [-0.15, -0.1) is 11.3 Å². The van der Waals surface area contributed by atoms with Gasteiger partial charge in [-0.1, -0.05) is 0 Å². The largest absolute Gasteiger partial charge is 0.481 e. The van der Waals surface area contributed by atoms with Gasteiger partial charge in [-0.25, -0.2) is 9.18 Å². The number of esters is 1. The van der Waals surface area contributed by atoms with E-state index in [-0.39, 0.29) is 12.4 Å². The summed E-state index contributed by atoms with van der Waals surface area (Å²) in [4.78, 5) is 25.4. The Morgan fingerprint density at radius 3 is 2.48 bits per heavy atom. The first-order chi connectivity index (χ1) is 11.8. The molecule has 25 heavy (non-hydrogen) atoms. The summed E-state index contributed by atoms with van der Waals surface area (Å²) in [6.45, 7) is 7.24. The molecule has 0 aliphatic rings. The number of aryl methyl sites for hydroxylation is 1. The van der Waals surface area contributed by atoms with Gasteiger partial charge in [0, 0.05) is 4.88 Å². The fraction of sp³-hybridized carbons (Fsp3) is 0.333. The Morgan fingerprint density at radius 1 is 1.24 bits per heavy atom. The minimum Gasteiger partial charge on any atom is -0.481 e. The van der Waals surface area contributed by atoms with E-state index in [1.807, 2.05) is 13.8 Å². The van der Waals surface area contributed by atoms with E-state index in [0.29, 0.717) is 16.3 Å². The molecule has 1 heterocycles. The van der Waals surface area contributed by atoms with E-state index in [9.17, 15) is 14.0 Å². The molecule has 0 fully saturated rings. The van der Waals surface area contributed by atoms with E-state index < -0.39 is 18.0 Å². The Labute approximate surface area is 149 Å². The molecule has 0 bridgehead atoms. The van der Waals surface area contributed by atoms with Crippen LogP contribution in [0.15, 0.2) is 24.3 Å². The van der Waals surface area contributed by atoms with E-state index in [2.05, 4.69) is 5.32 Å². The molecular formula is C18H20FNO4S. The summed E-state index contributed by atoms with van der Waals surface area (Å²) in [5, 5.41) is 3.16. The molecule has 134 valence electrons. The zero-order valence-electron chi connectivity index (χ0n) is 14.5. The maximum Gasteiger partial charge on any atom is 0.341 e. The van der Waals surface area contributed by atoms with Gasteiger partial charge in [0.1, 0.15) is 16.6 Å². The Morgan fingerprint density at radius 2 is 1.88 bits per heavy atom. The Hall–Kier alpha value is -2.41. The summed E-state index contributed by atoms with van der Waals surface area (Å²) < 4.78 is 23.5. The number of nitrogens with one attached hydrogen (secondary N) is 1. The SMILES string of the molecule is CCOC(=O)c1c(NC(=O)C(C)Oc2ccc(F)cc2)sc(C)c1C. The van der Waals surface area contributed by atoms with Crippen molar-refractivity contribution in [3.8, 4) is 5.75 Å². The molecule has 0 aliphatic heterocycles. The van der Waals surface area contributed by atoms with Crippen molar-refractivity contribution in [2.75, 3.05) is 11.9 Å². The van der Waals surface area contributed by atoms with Gasteiger partial charge in [0.15, 0.2) is 6.10 Å². The van der Waals surface area contributed by atoms with Crippen LogP contribution in [0.5, 0.6) is 5.75 Å². The number of carbonyl (C=O) groups excluding carboxylic acids is 2. The van der Waals surface area contributed by atoms with Crippen molar-refractivity contribution in [3.05, 3.63) is 46.1 Å². The van der Waals surface area contributed by atoms with Crippen molar-refractivity contribution >= 4 is 28.2 Å². The highest BCUT2D eigenvalue weighted by Crippen LogP contribution is 2.33. The maximum atomic E-state index is 12.9. The highest BCUT2D eigenvalue weighted by molar-refractivity contribution is 7.16.